The predicted octanol–water partition coefficient (Wildman–Crippen LogP) is 2.52. The Balaban J connectivity index is 2.12. The number of phenols is 1. The maximum absolute atomic E-state index is 12.7. The van der Waals surface area contributed by atoms with Crippen LogP contribution < -0.4 is 10.3 Å². The van der Waals surface area contributed by atoms with E-state index in [2.05, 4.69) is 25.9 Å². The number of carboxylic acid groups (broad SMARTS) is 1. The molecule has 0 atom stereocenters. The van der Waals surface area contributed by atoms with E-state index in [-0.39, 0.29) is 17.1 Å². The van der Waals surface area contributed by atoms with Gasteiger partial charge in [-0.25, -0.2) is 9.97 Å². The summed E-state index contributed by atoms with van der Waals surface area (Å²) in [6.07, 6.45) is 4.57. The van der Waals surface area contributed by atoms with Crippen molar-refractivity contribution in [1.82, 2.24) is 14.5 Å². The van der Waals surface area contributed by atoms with E-state index in [9.17, 15) is 14.7 Å². The highest BCUT2D eigenvalue weighted by atomic mass is 79.9. The van der Waals surface area contributed by atoms with Crippen LogP contribution >= 0.6 is 15.9 Å². The first-order chi connectivity index (χ1) is 12.9. The minimum Gasteiger partial charge on any atom is -0.504 e. The van der Waals surface area contributed by atoms with Crippen molar-refractivity contribution in [3.63, 3.8) is 0 Å². The van der Waals surface area contributed by atoms with E-state index < -0.39 is 18.1 Å². The number of carbonyl (C=O) groups is 1. The van der Waals surface area contributed by atoms with E-state index in [0.717, 1.165) is 4.57 Å². The average Bonchev–Trinajstić information content (AvgIpc) is 2.63. The number of methoxy groups -OCH3 is 1. The number of pyridine rings is 1. The molecule has 0 aliphatic rings. The molecule has 0 aliphatic carbocycles. The Morgan fingerprint density at radius 2 is 2.11 bits per heavy atom. The molecule has 0 bridgehead atoms. The first-order valence-corrected chi connectivity index (χ1v) is 8.51. The average molecular weight is 432 g/mol. The van der Waals surface area contributed by atoms with Crippen molar-refractivity contribution >= 4 is 45.2 Å². The number of hydrogen-bond donors (Lipinski definition) is 2. The van der Waals surface area contributed by atoms with Crippen LogP contribution in [0.2, 0.25) is 0 Å². The van der Waals surface area contributed by atoms with Crippen molar-refractivity contribution in [3.05, 3.63) is 56.5 Å². The SMILES string of the molecule is COc1cc(/C=C/c2nc3cc(Br)cnc3n(CC(=O)O)c2=O)ccc1O. The minimum atomic E-state index is -1.16. The largest absolute Gasteiger partial charge is 0.504 e. The summed E-state index contributed by atoms with van der Waals surface area (Å²) < 4.78 is 6.77. The zero-order chi connectivity index (χ0) is 19.6. The summed E-state index contributed by atoms with van der Waals surface area (Å²) in [6.45, 7) is -0.527. The highest BCUT2D eigenvalue weighted by molar-refractivity contribution is 9.10. The van der Waals surface area contributed by atoms with Gasteiger partial charge in [-0.1, -0.05) is 12.1 Å². The number of carboxylic acids is 1. The molecule has 3 rings (SSSR count). The first kappa shape index (κ1) is 18.6. The second kappa shape index (κ2) is 7.58. The van der Waals surface area contributed by atoms with Gasteiger partial charge in [0.05, 0.1) is 7.11 Å². The van der Waals surface area contributed by atoms with Gasteiger partial charge in [-0.2, -0.15) is 0 Å². The zero-order valence-electron chi connectivity index (χ0n) is 14.1. The second-order valence-electron chi connectivity index (χ2n) is 5.54. The Bertz CT molecular complexity index is 1120. The smallest absolute Gasteiger partial charge is 0.323 e. The molecule has 8 nitrogen and oxygen atoms in total. The molecule has 138 valence electrons. The van der Waals surface area contributed by atoms with E-state index in [4.69, 9.17) is 9.84 Å². The molecule has 2 aromatic heterocycles. The molecular weight excluding hydrogens is 418 g/mol. The van der Waals surface area contributed by atoms with Gasteiger partial charge in [0.25, 0.3) is 5.56 Å². The predicted molar refractivity (Wildman–Crippen MR) is 103 cm³/mol. The summed E-state index contributed by atoms with van der Waals surface area (Å²) in [5.74, 6) is -0.870. The van der Waals surface area contributed by atoms with Crippen LogP contribution in [-0.4, -0.2) is 37.8 Å². The lowest BCUT2D eigenvalue weighted by Gasteiger charge is -2.08. The van der Waals surface area contributed by atoms with Crippen LogP contribution in [0.15, 0.2) is 39.7 Å². The molecule has 2 heterocycles. The number of nitrogens with zero attached hydrogens (tertiary/aromatic N) is 3. The third-order valence-electron chi connectivity index (χ3n) is 3.71. The molecule has 2 N–H and O–H groups in total. The number of aliphatic carboxylic acids is 1. The van der Waals surface area contributed by atoms with Crippen LogP contribution in [0.4, 0.5) is 0 Å². The van der Waals surface area contributed by atoms with Crippen LogP contribution in [0.25, 0.3) is 23.3 Å². The Morgan fingerprint density at radius 3 is 2.81 bits per heavy atom. The number of fused-ring (bicyclic) bond motifs is 1. The summed E-state index contributed by atoms with van der Waals surface area (Å²) in [5.41, 5.74) is 0.739. The van der Waals surface area contributed by atoms with Crippen LogP contribution in [0, 0.1) is 0 Å². The number of rotatable bonds is 5. The van der Waals surface area contributed by atoms with Gasteiger partial charge in [0.15, 0.2) is 17.1 Å². The summed E-state index contributed by atoms with van der Waals surface area (Å²) in [5, 5.41) is 18.8. The van der Waals surface area contributed by atoms with Crippen LogP contribution in [0.5, 0.6) is 11.5 Å². The molecule has 0 saturated carbocycles. The molecular formula is C18H14BrN3O5. The molecule has 0 aliphatic heterocycles. The summed E-state index contributed by atoms with van der Waals surface area (Å²) in [7, 11) is 1.43. The van der Waals surface area contributed by atoms with Crippen LogP contribution in [-0.2, 0) is 11.3 Å². The lowest BCUT2D eigenvalue weighted by Crippen LogP contribution is -2.27. The zero-order valence-corrected chi connectivity index (χ0v) is 15.7. The van der Waals surface area contributed by atoms with Crippen molar-refractivity contribution in [2.24, 2.45) is 0 Å². The van der Waals surface area contributed by atoms with Gasteiger partial charge in [0.1, 0.15) is 17.8 Å². The number of aromatic hydroxyl groups is 1. The Hall–Kier alpha value is -3.20. The number of ether oxygens (including phenoxy) is 1. The van der Waals surface area contributed by atoms with E-state index in [0.29, 0.717) is 21.3 Å². The molecule has 0 unspecified atom stereocenters. The molecule has 0 radical (unpaired) electrons. The normalized spacial score (nSPS) is 11.2. The van der Waals surface area contributed by atoms with Crippen LogP contribution in [0.1, 0.15) is 11.3 Å². The van der Waals surface area contributed by atoms with Crippen molar-refractivity contribution < 1.29 is 19.7 Å². The number of halogens is 1. The second-order valence-corrected chi connectivity index (χ2v) is 6.46. The van der Waals surface area contributed by atoms with Crippen molar-refractivity contribution in [1.29, 1.82) is 0 Å². The number of benzene rings is 1. The third kappa shape index (κ3) is 3.98. The number of aromatic nitrogens is 3. The molecule has 9 heteroatoms. The topological polar surface area (TPSA) is 115 Å². The lowest BCUT2D eigenvalue weighted by atomic mass is 10.1. The highest BCUT2D eigenvalue weighted by Crippen LogP contribution is 2.27. The van der Waals surface area contributed by atoms with Gasteiger partial charge >= 0.3 is 5.97 Å². The Morgan fingerprint density at radius 1 is 1.33 bits per heavy atom. The lowest BCUT2D eigenvalue weighted by molar-refractivity contribution is -0.137. The molecule has 1 aromatic carbocycles. The molecule has 0 amide bonds. The fraction of sp³-hybridized carbons (Fsp3) is 0.111. The van der Waals surface area contributed by atoms with E-state index in [1.54, 1.807) is 24.3 Å². The summed E-state index contributed by atoms with van der Waals surface area (Å²) >= 11 is 3.29. The maximum Gasteiger partial charge on any atom is 0.323 e. The number of hydrogen-bond acceptors (Lipinski definition) is 6. The third-order valence-corrected chi connectivity index (χ3v) is 4.14. The summed E-state index contributed by atoms with van der Waals surface area (Å²) in [6, 6.07) is 6.36. The van der Waals surface area contributed by atoms with Crippen molar-refractivity contribution in [2.75, 3.05) is 7.11 Å². The van der Waals surface area contributed by atoms with Gasteiger partial charge in [-0.3, -0.25) is 14.2 Å². The highest BCUT2D eigenvalue weighted by Gasteiger charge is 2.13. The van der Waals surface area contributed by atoms with Gasteiger partial charge in [-0.15, -0.1) is 0 Å². The minimum absolute atomic E-state index is 0.00165. The molecule has 0 saturated heterocycles. The quantitative estimate of drug-likeness (QED) is 0.637. The molecule has 0 spiro atoms. The van der Waals surface area contributed by atoms with Crippen LogP contribution in [0.3, 0.4) is 0 Å². The first-order valence-electron chi connectivity index (χ1n) is 7.72. The van der Waals surface area contributed by atoms with Gasteiger partial charge < -0.3 is 14.9 Å². The summed E-state index contributed by atoms with van der Waals surface area (Å²) in [4.78, 5) is 32.2. The van der Waals surface area contributed by atoms with Gasteiger partial charge in [0.2, 0.25) is 0 Å². The van der Waals surface area contributed by atoms with Gasteiger partial charge in [0, 0.05) is 10.7 Å². The fourth-order valence-corrected chi connectivity index (χ4v) is 2.81. The maximum atomic E-state index is 12.7. The number of phenolic OH excluding ortho intramolecular Hbond substituents is 1. The van der Waals surface area contributed by atoms with Crippen molar-refractivity contribution in [2.45, 2.75) is 6.54 Å². The molecule has 3 aromatic rings. The Kier molecular flexibility index (Phi) is 5.22. The fourth-order valence-electron chi connectivity index (χ4n) is 2.49. The molecule has 27 heavy (non-hydrogen) atoms. The van der Waals surface area contributed by atoms with E-state index in [1.165, 1.54) is 25.4 Å². The molecule has 0 fully saturated rings. The van der Waals surface area contributed by atoms with Gasteiger partial charge in [-0.05, 0) is 45.8 Å². The van der Waals surface area contributed by atoms with E-state index >= 15 is 0 Å². The standard InChI is InChI=1S/C18H14BrN3O5/c1-27-15-6-10(3-5-14(15)23)2-4-12-18(26)22(9-16(24)25)17-13(21-12)7-11(19)8-20-17/h2-8,23H,9H2,1H3,(H,24,25)/b4-2+. The Labute approximate surface area is 161 Å². The van der Waals surface area contributed by atoms with Crippen molar-refractivity contribution in [3.8, 4) is 11.5 Å². The van der Waals surface area contributed by atoms with E-state index in [1.807, 2.05) is 0 Å². The monoisotopic (exact) mass is 431 g/mol.